The molecule has 0 amide bonds. The Morgan fingerprint density at radius 1 is 1.04 bits per heavy atom. The van der Waals surface area contributed by atoms with E-state index < -0.39 is 0 Å². The van der Waals surface area contributed by atoms with Crippen LogP contribution in [-0.4, -0.2) is 48.2 Å². The SMILES string of the molecule is COc1ccccc1N1CCN(Cc2nc3ccccc3[nH]c2=O)CC1. The summed E-state index contributed by atoms with van der Waals surface area (Å²) in [5.74, 6) is 0.897. The van der Waals surface area contributed by atoms with Crippen molar-refractivity contribution >= 4 is 16.7 Å². The van der Waals surface area contributed by atoms with E-state index in [-0.39, 0.29) is 5.56 Å². The number of aromatic amines is 1. The summed E-state index contributed by atoms with van der Waals surface area (Å²) in [5.41, 5.74) is 3.21. The molecule has 6 heteroatoms. The number of methoxy groups -OCH3 is 1. The molecule has 2 heterocycles. The molecule has 1 saturated heterocycles. The molecule has 3 aromatic rings. The molecule has 26 heavy (non-hydrogen) atoms. The summed E-state index contributed by atoms with van der Waals surface area (Å²) in [5, 5.41) is 0. The van der Waals surface area contributed by atoms with Gasteiger partial charge in [-0.15, -0.1) is 0 Å². The second-order valence-electron chi connectivity index (χ2n) is 6.46. The van der Waals surface area contributed by atoms with Gasteiger partial charge in [-0.3, -0.25) is 9.69 Å². The van der Waals surface area contributed by atoms with E-state index in [2.05, 4.69) is 25.8 Å². The lowest BCUT2D eigenvalue weighted by atomic mass is 10.2. The van der Waals surface area contributed by atoms with Gasteiger partial charge < -0.3 is 14.6 Å². The van der Waals surface area contributed by atoms with Crippen molar-refractivity contribution < 1.29 is 4.74 Å². The van der Waals surface area contributed by atoms with Gasteiger partial charge in [-0.05, 0) is 24.3 Å². The molecule has 2 aromatic carbocycles. The van der Waals surface area contributed by atoms with Crippen LogP contribution in [0.4, 0.5) is 5.69 Å². The molecule has 1 aliphatic rings. The van der Waals surface area contributed by atoms with E-state index in [9.17, 15) is 4.79 Å². The van der Waals surface area contributed by atoms with Gasteiger partial charge in [0.15, 0.2) is 0 Å². The van der Waals surface area contributed by atoms with Crippen LogP contribution in [0.3, 0.4) is 0 Å². The third-order valence-corrected chi connectivity index (χ3v) is 4.84. The molecule has 1 aliphatic heterocycles. The lowest BCUT2D eigenvalue weighted by Crippen LogP contribution is -2.46. The normalized spacial score (nSPS) is 15.3. The summed E-state index contributed by atoms with van der Waals surface area (Å²) in [6, 6.07) is 15.7. The first-order chi connectivity index (χ1) is 12.7. The Labute approximate surface area is 152 Å². The molecule has 4 rings (SSSR count). The van der Waals surface area contributed by atoms with Crippen LogP contribution >= 0.6 is 0 Å². The Balaban J connectivity index is 1.46. The molecule has 134 valence electrons. The first-order valence-electron chi connectivity index (χ1n) is 8.83. The summed E-state index contributed by atoms with van der Waals surface area (Å²) in [4.78, 5) is 24.4. The number of nitrogens with zero attached hydrogens (tertiary/aromatic N) is 3. The average Bonchev–Trinajstić information content (AvgIpc) is 2.69. The third kappa shape index (κ3) is 3.28. The van der Waals surface area contributed by atoms with E-state index in [1.54, 1.807) is 7.11 Å². The molecule has 0 unspecified atom stereocenters. The van der Waals surface area contributed by atoms with Crippen molar-refractivity contribution in [2.24, 2.45) is 0 Å². The quantitative estimate of drug-likeness (QED) is 0.782. The van der Waals surface area contributed by atoms with E-state index in [1.807, 2.05) is 42.5 Å². The molecule has 1 aromatic heterocycles. The number of fused-ring (bicyclic) bond motifs is 1. The Bertz CT molecular complexity index is 961. The van der Waals surface area contributed by atoms with Crippen LogP contribution in [0.2, 0.25) is 0 Å². The smallest absolute Gasteiger partial charge is 0.271 e. The van der Waals surface area contributed by atoms with Crippen LogP contribution in [0, 0.1) is 0 Å². The van der Waals surface area contributed by atoms with Crippen LogP contribution < -0.4 is 15.2 Å². The molecule has 0 atom stereocenters. The first kappa shape index (κ1) is 16.6. The predicted octanol–water partition coefficient (Wildman–Crippen LogP) is 2.25. The highest BCUT2D eigenvalue weighted by atomic mass is 16.5. The number of hydrogen-bond donors (Lipinski definition) is 1. The van der Waals surface area contributed by atoms with Crippen molar-refractivity contribution in [2.45, 2.75) is 6.54 Å². The largest absolute Gasteiger partial charge is 0.495 e. The van der Waals surface area contributed by atoms with E-state index in [4.69, 9.17) is 4.74 Å². The van der Waals surface area contributed by atoms with Gasteiger partial charge in [0.25, 0.3) is 5.56 Å². The van der Waals surface area contributed by atoms with Gasteiger partial charge in [-0.1, -0.05) is 24.3 Å². The van der Waals surface area contributed by atoms with Gasteiger partial charge in [0.05, 0.1) is 23.8 Å². The molecule has 0 radical (unpaired) electrons. The third-order valence-electron chi connectivity index (χ3n) is 4.84. The average molecular weight is 350 g/mol. The zero-order valence-electron chi connectivity index (χ0n) is 14.8. The monoisotopic (exact) mass is 350 g/mol. The molecule has 6 nitrogen and oxygen atoms in total. The van der Waals surface area contributed by atoms with Crippen LogP contribution in [-0.2, 0) is 6.54 Å². The van der Waals surface area contributed by atoms with Crippen molar-refractivity contribution in [1.29, 1.82) is 0 Å². The highest BCUT2D eigenvalue weighted by molar-refractivity contribution is 5.73. The number of piperazine rings is 1. The van der Waals surface area contributed by atoms with E-state index in [0.717, 1.165) is 48.6 Å². The molecule has 0 aliphatic carbocycles. The molecular formula is C20H22N4O2. The molecule has 0 spiro atoms. The molecule has 0 saturated carbocycles. The maximum absolute atomic E-state index is 12.3. The number of benzene rings is 2. The fourth-order valence-electron chi connectivity index (χ4n) is 3.42. The van der Waals surface area contributed by atoms with E-state index in [1.165, 1.54) is 0 Å². The summed E-state index contributed by atoms with van der Waals surface area (Å²) in [6.45, 7) is 4.12. The summed E-state index contributed by atoms with van der Waals surface area (Å²) < 4.78 is 5.47. The van der Waals surface area contributed by atoms with Crippen LogP contribution in [0.1, 0.15) is 5.69 Å². The second-order valence-corrected chi connectivity index (χ2v) is 6.46. The van der Waals surface area contributed by atoms with Gasteiger partial charge in [-0.2, -0.15) is 0 Å². The Morgan fingerprint density at radius 2 is 1.77 bits per heavy atom. The maximum atomic E-state index is 12.3. The predicted molar refractivity (Wildman–Crippen MR) is 103 cm³/mol. The molecular weight excluding hydrogens is 328 g/mol. The van der Waals surface area contributed by atoms with Gasteiger partial charge >= 0.3 is 0 Å². The van der Waals surface area contributed by atoms with Gasteiger partial charge in [-0.25, -0.2) is 4.98 Å². The Kier molecular flexibility index (Phi) is 4.58. The second kappa shape index (κ2) is 7.17. The standard InChI is InChI=1S/C20H22N4O2/c1-26-19-9-5-4-8-18(19)24-12-10-23(11-13-24)14-17-20(25)22-16-7-3-2-6-15(16)21-17/h2-9H,10-14H2,1H3,(H,22,25). The van der Waals surface area contributed by atoms with Gasteiger partial charge in [0, 0.05) is 32.7 Å². The molecule has 0 bridgehead atoms. The van der Waals surface area contributed by atoms with E-state index >= 15 is 0 Å². The van der Waals surface area contributed by atoms with Crippen molar-refractivity contribution in [1.82, 2.24) is 14.9 Å². The number of rotatable bonds is 4. The van der Waals surface area contributed by atoms with Gasteiger partial charge in [0.2, 0.25) is 0 Å². The van der Waals surface area contributed by atoms with Crippen molar-refractivity contribution in [3.8, 4) is 5.75 Å². The number of hydrogen-bond acceptors (Lipinski definition) is 5. The zero-order chi connectivity index (χ0) is 17.9. The minimum atomic E-state index is -0.101. The minimum Gasteiger partial charge on any atom is -0.495 e. The zero-order valence-corrected chi connectivity index (χ0v) is 14.8. The number of aromatic nitrogens is 2. The Hall–Kier alpha value is -2.86. The van der Waals surface area contributed by atoms with Gasteiger partial charge in [0.1, 0.15) is 11.4 Å². The highest BCUT2D eigenvalue weighted by Crippen LogP contribution is 2.28. The van der Waals surface area contributed by atoms with Crippen molar-refractivity contribution in [3.05, 3.63) is 64.6 Å². The van der Waals surface area contributed by atoms with Crippen LogP contribution in [0.25, 0.3) is 11.0 Å². The number of ether oxygens (including phenoxy) is 1. The summed E-state index contributed by atoms with van der Waals surface area (Å²) in [7, 11) is 1.70. The number of anilines is 1. The highest BCUT2D eigenvalue weighted by Gasteiger charge is 2.20. The van der Waals surface area contributed by atoms with Crippen LogP contribution in [0.15, 0.2) is 53.3 Å². The molecule has 1 fully saturated rings. The molecule has 1 N–H and O–H groups in total. The van der Waals surface area contributed by atoms with Crippen molar-refractivity contribution in [3.63, 3.8) is 0 Å². The lowest BCUT2D eigenvalue weighted by molar-refractivity contribution is 0.245. The van der Waals surface area contributed by atoms with Crippen molar-refractivity contribution in [2.75, 3.05) is 38.2 Å². The summed E-state index contributed by atoms with van der Waals surface area (Å²) in [6.07, 6.45) is 0. The first-order valence-corrected chi connectivity index (χ1v) is 8.83. The number of H-pyrrole nitrogens is 1. The maximum Gasteiger partial charge on any atom is 0.271 e. The lowest BCUT2D eigenvalue weighted by Gasteiger charge is -2.36. The fraction of sp³-hybridized carbons (Fsp3) is 0.300. The summed E-state index contributed by atoms with van der Waals surface area (Å²) >= 11 is 0. The van der Waals surface area contributed by atoms with Crippen LogP contribution in [0.5, 0.6) is 5.75 Å². The number of nitrogens with one attached hydrogen (secondary N) is 1. The van der Waals surface area contributed by atoms with E-state index in [0.29, 0.717) is 12.2 Å². The minimum absolute atomic E-state index is 0.101. The fourth-order valence-corrected chi connectivity index (χ4v) is 3.42. The Morgan fingerprint density at radius 3 is 2.58 bits per heavy atom. The number of para-hydroxylation sites is 4. The topological polar surface area (TPSA) is 61.5 Å².